The fraction of sp³-hybridized carbons (Fsp3) is 0.444. The monoisotopic (exact) mass is 206 g/mol. The largest absolute Gasteiger partial charge is 0.390 e. The van der Waals surface area contributed by atoms with Gasteiger partial charge in [0.2, 0.25) is 0 Å². The fourth-order valence-electron chi connectivity index (χ4n) is 0.659. The summed E-state index contributed by atoms with van der Waals surface area (Å²) in [6, 6.07) is 0. The number of rotatable bonds is 3. The van der Waals surface area contributed by atoms with Gasteiger partial charge < -0.3 is 0 Å². The number of allylic oxidation sites excluding steroid dienone is 1. The van der Waals surface area contributed by atoms with Crippen molar-refractivity contribution in [2.24, 2.45) is 0 Å². The number of carbonyl (C=O) groups excluding carboxylic acids is 1. The molecule has 0 N–H and O–H groups in total. The first-order chi connectivity index (χ1) is 6.02. The van der Waals surface area contributed by atoms with Gasteiger partial charge in [-0.25, -0.2) is 4.79 Å². The summed E-state index contributed by atoms with van der Waals surface area (Å²) in [4.78, 5) is 15.6. The highest BCUT2D eigenvalue weighted by Gasteiger charge is 2.15. The number of halogens is 1. The van der Waals surface area contributed by atoms with Gasteiger partial charge in [-0.3, -0.25) is 4.84 Å². The summed E-state index contributed by atoms with van der Waals surface area (Å²) in [6.07, 6.45) is 6.18. The number of carbonyl (C=O) groups is 1. The van der Waals surface area contributed by atoms with E-state index in [0.29, 0.717) is 0 Å². The van der Waals surface area contributed by atoms with Crippen molar-refractivity contribution in [3.8, 4) is 0 Å². The van der Waals surface area contributed by atoms with Crippen LogP contribution in [-0.2, 0) is 9.63 Å². The number of hydrogen-bond donors (Lipinski definition) is 0. The Bertz CT molecular complexity index is 188. The van der Waals surface area contributed by atoms with E-state index < -0.39 is 5.97 Å². The van der Waals surface area contributed by atoms with Gasteiger partial charge in [0.05, 0.1) is 0 Å². The predicted octanol–water partition coefficient (Wildman–Crippen LogP) is 2.10. The third-order valence-electron chi connectivity index (χ3n) is 1.000. The summed E-state index contributed by atoms with van der Waals surface area (Å²) < 4.78 is 0.0847. The van der Waals surface area contributed by atoms with Crippen LogP contribution in [0.15, 0.2) is 24.9 Å². The van der Waals surface area contributed by atoms with Crippen molar-refractivity contribution in [1.29, 1.82) is 0 Å². The van der Waals surface area contributed by atoms with Crippen molar-refractivity contribution in [1.82, 2.24) is 0 Å². The molecular formula is C9H17ClNO2+. The molecule has 0 aromatic heterocycles. The molecule has 0 unspecified atom stereocenters. The highest BCUT2D eigenvalue weighted by molar-refractivity contribution is 6.15. The van der Waals surface area contributed by atoms with Crippen LogP contribution in [-0.4, -0.2) is 31.1 Å². The van der Waals surface area contributed by atoms with Gasteiger partial charge in [-0.15, -0.1) is 16.2 Å². The van der Waals surface area contributed by atoms with E-state index in [4.69, 9.17) is 4.84 Å². The molecule has 3 nitrogen and oxygen atoms in total. The molecule has 0 aromatic carbocycles. The second-order valence-electron chi connectivity index (χ2n) is 2.53. The van der Waals surface area contributed by atoms with E-state index >= 15 is 0 Å². The lowest BCUT2D eigenvalue weighted by molar-refractivity contribution is -1.02. The highest BCUT2D eigenvalue weighted by atomic mass is 35.5. The molecule has 0 amide bonds. The molecule has 0 aromatic rings. The van der Waals surface area contributed by atoms with E-state index in [1.165, 1.54) is 6.38 Å². The number of quaternary nitrogens is 1. The molecule has 0 bridgehead atoms. The van der Waals surface area contributed by atoms with Crippen LogP contribution in [0.3, 0.4) is 0 Å². The zero-order valence-electron chi connectivity index (χ0n) is 8.58. The minimum atomic E-state index is -0.423. The predicted molar refractivity (Wildman–Crippen MR) is 55.0 cm³/mol. The molecule has 4 heteroatoms. The number of hydrogen-bond acceptors (Lipinski definition) is 2. The first-order valence-corrected chi connectivity index (χ1v) is 4.48. The summed E-state index contributed by atoms with van der Waals surface area (Å²) in [5.74, 6) is -0.423. The smallest absolute Gasteiger partial charge is 0.267 e. The molecule has 0 spiro atoms. The Hall–Kier alpha value is -0.800. The van der Waals surface area contributed by atoms with Crippen LogP contribution in [0.4, 0.5) is 0 Å². The first-order valence-electron chi connectivity index (χ1n) is 3.73. The van der Waals surface area contributed by atoms with Crippen LogP contribution >= 0.6 is 11.6 Å². The quantitative estimate of drug-likeness (QED) is 0.306. The van der Waals surface area contributed by atoms with Crippen molar-refractivity contribution in [2.45, 2.75) is 6.92 Å². The maximum absolute atomic E-state index is 10.7. The second kappa shape index (κ2) is 7.83. The van der Waals surface area contributed by atoms with Crippen molar-refractivity contribution >= 4 is 17.6 Å². The van der Waals surface area contributed by atoms with E-state index in [1.54, 1.807) is 20.3 Å². The number of alkyl halides is 1. The van der Waals surface area contributed by atoms with Crippen molar-refractivity contribution in [2.75, 3.05) is 20.5 Å². The molecule has 76 valence electrons. The Kier molecular flexibility index (Phi) is 8.86. The van der Waals surface area contributed by atoms with Gasteiger partial charge in [-0.05, 0) is 13.0 Å². The SMILES string of the molecule is C=CC(=O)O[N+](C)(C)C=CC.CCl. The maximum Gasteiger partial charge on any atom is 0.390 e. The van der Waals surface area contributed by atoms with E-state index in [0.717, 1.165) is 6.08 Å². The van der Waals surface area contributed by atoms with E-state index in [-0.39, 0.29) is 4.65 Å². The summed E-state index contributed by atoms with van der Waals surface area (Å²) in [6.45, 7) is 5.16. The van der Waals surface area contributed by atoms with Gasteiger partial charge in [0, 0.05) is 12.5 Å². The van der Waals surface area contributed by atoms with Crippen LogP contribution in [0.1, 0.15) is 6.92 Å². The molecule has 0 fully saturated rings. The van der Waals surface area contributed by atoms with Crippen LogP contribution < -0.4 is 0 Å². The average molecular weight is 207 g/mol. The molecular weight excluding hydrogens is 190 g/mol. The standard InChI is InChI=1S/C8H14NO2.CH3Cl/c1-5-7-9(3,4)11-8(10)6-2;1-2/h5-7H,2H2,1,3-4H3;1H3/q+1;. The lowest BCUT2D eigenvalue weighted by Gasteiger charge is -2.19. The molecule has 0 aliphatic carbocycles. The summed E-state index contributed by atoms with van der Waals surface area (Å²) in [5, 5.41) is 0. The van der Waals surface area contributed by atoms with Gasteiger partial charge >= 0.3 is 5.97 Å². The number of nitrogens with zero attached hydrogens (tertiary/aromatic N) is 1. The molecule has 13 heavy (non-hydrogen) atoms. The zero-order chi connectivity index (χ0) is 10.9. The second-order valence-corrected chi connectivity index (χ2v) is 2.53. The Morgan fingerprint density at radius 2 is 1.92 bits per heavy atom. The third kappa shape index (κ3) is 9.11. The summed E-state index contributed by atoms with van der Waals surface area (Å²) in [5.41, 5.74) is 0. The zero-order valence-corrected chi connectivity index (χ0v) is 9.34. The normalized spacial score (nSPS) is 10.2. The summed E-state index contributed by atoms with van der Waals surface area (Å²) >= 11 is 4.64. The fourth-order valence-corrected chi connectivity index (χ4v) is 0.659. The Morgan fingerprint density at radius 3 is 2.23 bits per heavy atom. The van der Waals surface area contributed by atoms with Crippen LogP contribution in [0.5, 0.6) is 0 Å². The third-order valence-corrected chi connectivity index (χ3v) is 1.000. The molecule has 0 atom stereocenters. The maximum atomic E-state index is 10.7. The molecule has 0 saturated heterocycles. The van der Waals surface area contributed by atoms with Gasteiger partial charge in [0.25, 0.3) is 0 Å². The molecule has 0 heterocycles. The van der Waals surface area contributed by atoms with Gasteiger partial charge in [0.15, 0.2) is 0 Å². The molecule has 0 saturated carbocycles. The lowest BCUT2D eigenvalue weighted by atomic mass is 10.6. The van der Waals surface area contributed by atoms with Crippen LogP contribution in [0, 0.1) is 0 Å². The van der Waals surface area contributed by atoms with Crippen LogP contribution in [0.2, 0.25) is 0 Å². The van der Waals surface area contributed by atoms with E-state index in [2.05, 4.69) is 18.2 Å². The Labute approximate surface area is 84.8 Å². The highest BCUT2D eigenvalue weighted by Crippen LogP contribution is 2.00. The minimum Gasteiger partial charge on any atom is -0.267 e. The number of hydroxylamine groups is 3. The van der Waals surface area contributed by atoms with Crippen molar-refractivity contribution < 1.29 is 14.3 Å². The van der Waals surface area contributed by atoms with Gasteiger partial charge in [-0.1, -0.05) is 6.58 Å². The Morgan fingerprint density at radius 1 is 1.46 bits per heavy atom. The molecule has 0 aliphatic heterocycles. The molecule has 0 radical (unpaired) electrons. The van der Waals surface area contributed by atoms with Gasteiger partial charge in [0.1, 0.15) is 20.3 Å². The molecule has 0 aliphatic rings. The van der Waals surface area contributed by atoms with E-state index in [9.17, 15) is 4.79 Å². The Balaban J connectivity index is 0. The average Bonchev–Trinajstić information content (AvgIpc) is 2.07. The van der Waals surface area contributed by atoms with Crippen LogP contribution in [0.25, 0.3) is 0 Å². The van der Waals surface area contributed by atoms with Gasteiger partial charge in [-0.2, -0.15) is 0 Å². The van der Waals surface area contributed by atoms with Crippen molar-refractivity contribution in [3.63, 3.8) is 0 Å². The first kappa shape index (κ1) is 14.7. The summed E-state index contributed by atoms with van der Waals surface area (Å²) in [7, 11) is 3.50. The molecule has 0 rings (SSSR count). The minimum absolute atomic E-state index is 0.0847. The van der Waals surface area contributed by atoms with E-state index in [1.807, 2.05) is 13.0 Å². The topological polar surface area (TPSA) is 26.3 Å². The lowest BCUT2D eigenvalue weighted by Crippen LogP contribution is -2.35. The van der Waals surface area contributed by atoms with Crippen molar-refractivity contribution in [3.05, 3.63) is 24.9 Å².